The Balaban J connectivity index is 1.28. The molecular weight excluding hydrogens is 536 g/mol. The Kier molecular flexibility index (Phi) is 8.11. The summed E-state index contributed by atoms with van der Waals surface area (Å²) in [7, 11) is 0. The molecule has 3 aromatic rings. The van der Waals surface area contributed by atoms with Crippen LogP contribution in [0.15, 0.2) is 65.7 Å². The number of anilines is 2. The molecule has 4 N–H and O–H groups in total. The van der Waals surface area contributed by atoms with E-state index in [9.17, 15) is 4.79 Å². The Morgan fingerprint density at radius 2 is 1.80 bits per heavy atom. The minimum Gasteiger partial charge on any atom is -0.405 e. The van der Waals surface area contributed by atoms with Gasteiger partial charge in [-0.05, 0) is 36.1 Å². The number of para-hydroxylation sites is 1. The first kappa shape index (κ1) is 27.2. The molecule has 3 aliphatic rings. The summed E-state index contributed by atoms with van der Waals surface area (Å²) in [6.07, 6.45) is 7.68. The fourth-order valence-corrected chi connectivity index (χ4v) is 6.90. The van der Waals surface area contributed by atoms with E-state index in [-0.39, 0.29) is 17.8 Å². The molecule has 0 spiro atoms. The van der Waals surface area contributed by atoms with Gasteiger partial charge in [0.05, 0.1) is 18.2 Å². The number of carbonyl (C=O) groups is 1. The summed E-state index contributed by atoms with van der Waals surface area (Å²) >= 11 is 1.64. The minimum absolute atomic E-state index is 0.171. The molecule has 1 aliphatic carbocycles. The van der Waals surface area contributed by atoms with Gasteiger partial charge >= 0.3 is 0 Å². The first-order valence-electron chi connectivity index (χ1n) is 14.2. The number of rotatable bonds is 5. The lowest BCUT2D eigenvalue weighted by Gasteiger charge is -2.28. The average Bonchev–Trinajstić information content (AvgIpc) is 3.41. The van der Waals surface area contributed by atoms with Crippen LogP contribution in [-0.4, -0.2) is 55.2 Å². The number of nitrogens with one attached hydrogen (secondary N) is 2. The first-order chi connectivity index (χ1) is 20.1. The molecule has 0 unspecified atom stereocenters. The van der Waals surface area contributed by atoms with Crippen LogP contribution in [0.2, 0.25) is 0 Å². The van der Waals surface area contributed by atoms with Gasteiger partial charge in [0.15, 0.2) is 11.7 Å². The van der Waals surface area contributed by atoms with Crippen LogP contribution in [0, 0.1) is 5.41 Å². The number of benzene rings is 2. The van der Waals surface area contributed by atoms with E-state index >= 15 is 0 Å². The summed E-state index contributed by atoms with van der Waals surface area (Å²) in [5, 5.41) is 13.7. The number of carbonyl (C=O) groups excluding carboxylic acids is 1. The number of nitrogens with zero attached hydrogens (tertiary/aromatic N) is 3. The first-order valence-corrected chi connectivity index (χ1v) is 15.0. The van der Waals surface area contributed by atoms with E-state index in [1.54, 1.807) is 17.4 Å². The zero-order valence-corrected chi connectivity index (χ0v) is 23.7. The number of thiazole rings is 1. The van der Waals surface area contributed by atoms with Crippen molar-refractivity contribution in [3.05, 3.63) is 82.5 Å². The molecule has 1 saturated carbocycles. The molecule has 9 nitrogen and oxygen atoms in total. The zero-order valence-electron chi connectivity index (χ0n) is 22.8. The van der Waals surface area contributed by atoms with E-state index in [2.05, 4.69) is 15.2 Å². The highest BCUT2D eigenvalue weighted by Gasteiger charge is 2.29. The van der Waals surface area contributed by atoms with Crippen molar-refractivity contribution < 1.29 is 14.3 Å². The third-order valence-corrected chi connectivity index (χ3v) is 9.00. The third-order valence-electron chi connectivity index (χ3n) is 7.72. The standard InChI is InChI=1S/C31H34N6O3S/c32-27(26-30(37-15-17-39-18-16-37)41-29(36-26)21-11-5-2-6-12-21)40-31(33)35-25-19-23(20-9-3-1-4-10-20)22-13-7-8-14-24(22)34-28(25)38/h1,3-4,7-10,13-14,19,21,25,32H,2,5-6,11-12,15-18H2,(H2,33,35)(H,34,38)/t25-/m0/s1. The van der Waals surface area contributed by atoms with Crippen molar-refractivity contribution in [2.24, 2.45) is 10.7 Å². The van der Waals surface area contributed by atoms with Crippen molar-refractivity contribution in [3.63, 3.8) is 0 Å². The van der Waals surface area contributed by atoms with Crippen molar-refractivity contribution in [1.82, 2.24) is 4.98 Å². The van der Waals surface area contributed by atoms with Gasteiger partial charge in [-0.1, -0.05) is 67.8 Å². The van der Waals surface area contributed by atoms with Crippen LogP contribution in [-0.2, 0) is 14.3 Å². The van der Waals surface area contributed by atoms with Gasteiger partial charge in [0.1, 0.15) is 5.00 Å². The van der Waals surface area contributed by atoms with Crippen molar-refractivity contribution >= 4 is 45.4 Å². The van der Waals surface area contributed by atoms with E-state index in [0.29, 0.717) is 30.5 Å². The normalized spacial score (nSPS) is 20.0. The smallest absolute Gasteiger partial charge is 0.290 e. The molecule has 10 heteroatoms. The number of amides is 1. The monoisotopic (exact) mass is 570 g/mol. The molecular formula is C31H34N6O3S. The van der Waals surface area contributed by atoms with Crippen LogP contribution in [0.25, 0.3) is 5.57 Å². The second-order valence-corrected chi connectivity index (χ2v) is 11.5. The average molecular weight is 571 g/mol. The number of aromatic nitrogens is 1. The van der Waals surface area contributed by atoms with Gasteiger partial charge in [0, 0.05) is 30.3 Å². The predicted molar refractivity (Wildman–Crippen MR) is 163 cm³/mol. The maximum absolute atomic E-state index is 13.2. The maximum Gasteiger partial charge on any atom is 0.290 e. The highest BCUT2D eigenvalue weighted by molar-refractivity contribution is 7.16. The second kappa shape index (κ2) is 12.2. The number of fused-ring (bicyclic) bond motifs is 1. The highest BCUT2D eigenvalue weighted by atomic mass is 32.1. The molecule has 2 aliphatic heterocycles. The van der Waals surface area contributed by atoms with Gasteiger partial charge in [0.2, 0.25) is 5.90 Å². The maximum atomic E-state index is 13.2. The Labute approximate surface area is 243 Å². The summed E-state index contributed by atoms with van der Waals surface area (Å²) < 4.78 is 11.3. The third kappa shape index (κ3) is 6.03. The lowest BCUT2D eigenvalue weighted by atomic mass is 9.90. The Hall–Kier alpha value is -4.02. The van der Waals surface area contributed by atoms with Gasteiger partial charge < -0.3 is 25.4 Å². The summed E-state index contributed by atoms with van der Waals surface area (Å²) in [6.45, 7) is 2.71. The molecule has 0 bridgehead atoms. The Morgan fingerprint density at radius 3 is 2.59 bits per heavy atom. The number of ether oxygens (including phenoxy) is 2. The quantitative estimate of drug-likeness (QED) is 0.288. The zero-order chi connectivity index (χ0) is 28.2. The van der Waals surface area contributed by atoms with E-state index in [1.807, 2.05) is 54.6 Å². The summed E-state index contributed by atoms with van der Waals surface area (Å²) in [5.41, 5.74) is 10.1. The number of hydrogen-bond donors (Lipinski definition) is 3. The molecule has 1 amide bonds. The molecule has 3 heterocycles. The van der Waals surface area contributed by atoms with Gasteiger partial charge in [-0.25, -0.2) is 9.98 Å². The van der Waals surface area contributed by atoms with E-state index < -0.39 is 6.04 Å². The van der Waals surface area contributed by atoms with E-state index in [1.165, 1.54) is 19.3 Å². The van der Waals surface area contributed by atoms with Crippen LogP contribution in [0.3, 0.4) is 0 Å². The van der Waals surface area contributed by atoms with Crippen LogP contribution in [0.4, 0.5) is 10.7 Å². The second-order valence-electron chi connectivity index (χ2n) is 10.5. The van der Waals surface area contributed by atoms with Gasteiger partial charge in [-0.3, -0.25) is 10.2 Å². The predicted octanol–water partition coefficient (Wildman–Crippen LogP) is 5.14. The van der Waals surface area contributed by atoms with Gasteiger partial charge in [-0.15, -0.1) is 11.3 Å². The van der Waals surface area contributed by atoms with E-state index in [0.717, 1.165) is 52.6 Å². The molecule has 2 aromatic carbocycles. The van der Waals surface area contributed by atoms with Gasteiger partial charge in [-0.2, -0.15) is 0 Å². The summed E-state index contributed by atoms with van der Waals surface area (Å²) in [5.74, 6) is -0.0988. The van der Waals surface area contributed by atoms with Crippen molar-refractivity contribution in [3.8, 4) is 0 Å². The Bertz CT molecular complexity index is 1470. The van der Waals surface area contributed by atoms with Crippen LogP contribution >= 0.6 is 11.3 Å². The largest absolute Gasteiger partial charge is 0.405 e. The SMILES string of the molecule is N=C(OC(N)=N[C@H]1C=C(c2ccccc2)c2ccccc2NC1=O)c1nc(C2CCCCC2)sc1N1CCOCC1. The fourth-order valence-electron chi connectivity index (χ4n) is 5.62. The molecule has 2 fully saturated rings. The number of hydrogen-bond acceptors (Lipinski definition) is 8. The van der Waals surface area contributed by atoms with Crippen molar-refractivity contribution in [2.45, 2.75) is 44.1 Å². The molecule has 6 rings (SSSR count). The summed E-state index contributed by atoms with van der Waals surface area (Å²) in [4.78, 5) is 24.8. The van der Waals surface area contributed by atoms with E-state index in [4.69, 9.17) is 25.6 Å². The van der Waals surface area contributed by atoms with Crippen molar-refractivity contribution in [2.75, 3.05) is 36.5 Å². The fraction of sp³-hybridized carbons (Fsp3) is 0.355. The number of nitrogens with two attached hydrogens (primary N) is 1. The molecule has 1 saturated heterocycles. The number of morpholine rings is 1. The lowest BCUT2D eigenvalue weighted by Crippen LogP contribution is -2.37. The Morgan fingerprint density at radius 1 is 1.07 bits per heavy atom. The number of amidine groups is 1. The molecule has 1 atom stereocenters. The topological polar surface area (TPSA) is 126 Å². The van der Waals surface area contributed by atoms with Gasteiger partial charge in [0.25, 0.3) is 11.9 Å². The molecule has 212 valence electrons. The summed E-state index contributed by atoms with van der Waals surface area (Å²) in [6, 6.07) is 16.3. The van der Waals surface area contributed by atoms with Crippen LogP contribution in [0.1, 0.15) is 59.9 Å². The van der Waals surface area contributed by atoms with Crippen LogP contribution in [0.5, 0.6) is 0 Å². The van der Waals surface area contributed by atoms with Crippen LogP contribution < -0.4 is 16.0 Å². The molecule has 0 radical (unpaired) electrons. The highest BCUT2D eigenvalue weighted by Crippen LogP contribution is 2.40. The lowest BCUT2D eigenvalue weighted by molar-refractivity contribution is -0.116. The molecule has 41 heavy (non-hydrogen) atoms. The molecule has 1 aromatic heterocycles. The minimum atomic E-state index is -0.947. The number of aliphatic imine (C=N–C) groups is 1. The van der Waals surface area contributed by atoms with Crippen molar-refractivity contribution in [1.29, 1.82) is 5.41 Å².